The second-order valence-electron chi connectivity index (χ2n) is 3.60. The molecule has 0 saturated heterocycles. The molecule has 0 atom stereocenters. The summed E-state index contributed by atoms with van der Waals surface area (Å²) in [7, 11) is 0. The SMILES string of the molecule is Cc1nc(C)n(-c2cc(F)ccc2CN)n1. The van der Waals surface area contributed by atoms with Gasteiger partial charge in [-0.2, -0.15) is 5.10 Å². The molecule has 2 rings (SSSR count). The smallest absolute Gasteiger partial charge is 0.148 e. The summed E-state index contributed by atoms with van der Waals surface area (Å²) in [6.07, 6.45) is 0. The fourth-order valence-electron chi connectivity index (χ4n) is 1.66. The minimum absolute atomic E-state index is 0.306. The van der Waals surface area contributed by atoms with Gasteiger partial charge in [0.15, 0.2) is 0 Å². The average Bonchev–Trinajstić information content (AvgIpc) is 2.57. The van der Waals surface area contributed by atoms with Crippen molar-refractivity contribution in [2.75, 3.05) is 0 Å². The topological polar surface area (TPSA) is 56.7 Å². The lowest BCUT2D eigenvalue weighted by molar-refractivity contribution is 0.623. The van der Waals surface area contributed by atoms with Crippen molar-refractivity contribution < 1.29 is 4.39 Å². The molecule has 1 aromatic heterocycles. The van der Waals surface area contributed by atoms with Crippen molar-refractivity contribution in [2.24, 2.45) is 5.73 Å². The number of nitrogens with two attached hydrogens (primary N) is 1. The Balaban J connectivity index is 2.62. The van der Waals surface area contributed by atoms with E-state index in [9.17, 15) is 4.39 Å². The van der Waals surface area contributed by atoms with Gasteiger partial charge in [0.1, 0.15) is 17.5 Å². The highest BCUT2D eigenvalue weighted by Gasteiger charge is 2.10. The molecular weight excluding hydrogens is 207 g/mol. The van der Waals surface area contributed by atoms with E-state index in [1.165, 1.54) is 12.1 Å². The fourth-order valence-corrected chi connectivity index (χ4v) is 1.66. The standard InChI is InChI=1S/C11H13FN4/c1-7-14-8(2)16(15-7)11-5-10(12)4-3-9(11)6-13/h3-5H,6,13H2,1-2H3. The van der Waals surface area contributed by atoms with Crippen LogP contribution in [0.3, 0.4) is 0 Å². The van der Waals surface area contributed by atoms with Crippen molar-refractivity contribution in [1.82, 2.24) is 14.8 Å². The number of hydrogen-bond donors (Lipinski definition) is 1. The lowest BCUT2D eigenvalue weighted by Crippen LogP contribution is -2.07. The minimum Gasteiger partial charge on any atom is -0.326 e. The molecule has 1 heterocycles. The van der Waals surface area contributed by atoms with E-state index >= 15 is 0 Å². The molecule has 4 nitrogen and oxygen atoms in total. The molecule has 16 heavy (non-hydrogen) atoms. The van der Waals surface area contributed by atoms with Gasteiger partial charge in [-0.25, -0.2) is 14.1 Å². The van der Waals surface area contributed by atoms with Gasteiger partial charge in [0.25, 0.3) is 0 Å². The van der Waals surface area contributed by atoms with Crippen LogP contribution in [-0.4, -0.2) is 14.8 Å². The Kier molecular flexibility index (Phi) is 2.70. The van der Waals surface area contributed by atoms with Crippen LogP contribution in [0.25, 0.3) is 5.69 Å². The van der Waals surface area contributed by atoms with E-state index < -0.39 is 0 Å². The van der Waals surface area contributed by atoms with Crippen molar-refractivity contribution in [3.05, 3.63) is 41.2 Å². The molecule has 5 heteroatoms. The molecule has 0 aliphatic rings. The molecule has 0 fully saturated rings. The van der Waals surface area contributed by atoms with Gasteiger partial charge < -0.3 is 5.73 Å². The summed E-state index contributed by atoms with van der Waals surface area (Å²) >= 11 is 0. The Morgan fingerprint density at radius 2 is 2.12 bits per heavy atom. The summed E-state index contributed by atoms with van der Waals surface area (Å²) in [5, 5.41) is 4.21. The zero-order chi connectivity index (χ0) is 11.7. The van der Waals surface area contributed by atoms with Crippen LogP contribution in [0, 0.1) is 19.7 Å². The maximum atomic E-state index is 13.2. The molecular formula is C11H13FN4. The van der Waals surface area contributed by atoms with Gasteiger partial charge in [-0.3, -0.25) is 0 Å². The quantitative estimate of drug-likeness (QED) is 0.834. The monoisotopic (exact) mass is 220 g/mol. The lowest BCUT2D eigenvalue weighted by atomic mass is 10.1. The Morgan fingerprint density at radius 3 is 2.69 bits per heavy atom. The van der Waals surface area contributed by atoms with Gasteiger partial charge in [0.2, 0.25) is 0 Å². The van der Waals surface area contributed by atoms with Crippen LogP contribution in [0.5, 0.6) is 0 Å². The Morgan fingerprint density at radius 1 is 1.38 bits per heavy atom. The molecule has 2 N–H and O–H groups in total. The first-order chi connectivity index (χ1) is 7.61. The highest BCUT2D eigenvalue weighted by molar-refractivity contribution is 5.41. The second-order valence-corrected chi connectivity index (χ2v) is 3.60. The van der Waals surface area contributed by atoms with E-state index in [-0.39, 0.29) is 5.82 Å². The van der Waals surface area contributed by atoms with E-state index in [1.807, 2.05) is 6.92 Å². The van der Waals surface area contributed by atoms with E-state index in [0.717, 1.165) is 11.4 Å². The average molecular weight is 220 g/mol. The van der Waals surface area contributed by atoms with Crippen molar-refractivity contribution in [3.8, 4) is 5.69 Å². The van der Waals surface area contributed by atoms with E-state index in [0.29, 0.717) is 18.1 Å². The number of halogens is 1. The van der Waals surface area contributed by atoms with E-state index in [1.54, 1.807) is 17.7 Å². The maximum absolute atomic E-state index is 13.2. The zero-order valence-electron chi connectivity index (χ0n) is 9.24. The lowest BCUT2D eigenvalue weighted by Gasteiger charge is -2.08. The maximum Gasteiger partial charge on any atom is 0.148 e. The van der Waals surface area contributed by atoms with Crippen molar-refractivity contribution >= 4 is 0 Å². The van der Waals surface area contributed by atoms with Crippen LogP contribution in [0.4, 0.5) is 4.39 Å². The number of nitrogens with zero attached hydrogens (tertiary/aromatic N) is 3. The predicted molar refractivity (Wildman–Crippen MR) is 58.7 cm³/mol. The summed E-state index contributed by atoms with van der Waals surface area (Å²) in [6.45, 7) is 3.96. The zero-order valence-corrected chi connectivity index (χ0v) is 9.24. The van der Waals surface area contributed by atoms with Gasteiger partial charge in [-0.15, -0.1) is 0 Å². The summed E-state index contributed by atoms with van der Waals surface area (Å²) in [5.41, 5.74) is 7.11. The van der Waals surface area contributed by atoms with Crippen molar-refractivity contribution in [2.45, 2.75) is 20.4 Å². The summed E-state index contributed by atoms with van der Waals surface area (Å²) in [6, 6.07) is 4.48. The molecule has 0 unspecified atom stereocenters. The third kappa shape index (κ3) is 1.81. The highest BCUT2D eigenvalue weighted by Crippen LogP contribution is 2.16. The molecule has 0 aliphatic carbocycles. The second kappa shape index (κ2) is 4.02. The third-order valence-corrected chi connectivity index (χ3v) is 2.37. The third-order valence-electron chi connectivity index (χ3n) is 2.37. The Labute approximate surface area is 92.9 Å². The first-order valence-electron chi connectivity index (χ1n) is 5.01. The van der Waals surface area contributed by atoms with Crippen LogP contribution in [-0.2, 0) is 6.54 Å². The predicted octanol–water partition coefficient (Wildman–Crippen LogP) is 1.48. The highest BCUT2D eigenvalue weighted by atomic mass is 19.1. The number of aromatic nitrogens is 3. The summed E-state index contributed by atoms with van der Waals surface area (Å²) < 4.78 is 14.8. The van der Waals surface area contributed by atoms with Gasteiger partial charge in [0.05, 0.1) is 5.69 Å². The molecule has 2 aromatic rings. The molecule has 0 bridgehead atoms. The van der Waals surface area contributed by atoms with E-state index in [4.69, 9.17) is 5.73 Å². The van der Waals surface area contributed by atoms with Crippen LogP contribution < -0.4 is 5.73 Å². The van der Waals surface area contributed by atoms with Gasteiger partial charge in [0, 0.05) is 6.54 Å². The molecule has 0 saturated carbocycles. The number of rotatable bonds is 2. The van der Waals surface area contributed by atoms with Gasteiger partial charge in [-0.1, -0.05) is 6.07 Å². The Hall–Kier alpha value is -1.75. The van der Waals surface area contributed by atoms with Gasteiger partial charge >= 0.3 is 0 Å². The molecule has 1 aromatic carbocycles. The Bertz CT molecular complexity index is 519. The first kappa shape index (κ1) is 10.8. The molecule has 84 valence electrons. The largest absolute Gasteiger partial charge is 0.326 e. The normalized spacial score (nSPS) is 10.8. The number of benzene rings is 1. The minimum atomic E-state index is -0.306. The molecule has 0 spiro atoms. The van der Waals surface area contributed by atoms with E-state index in [2.05, 4.69) is 10.1 Å². The first-order valence-corrected chi connectivity index (χ1v) is 5.01. The number of hydrogen-bond acceptors (Lipinski definition) is 3. The van der Waals surface area contributed by atoms with Crippen LogP contribution >= 0.6 is 0 Å². The number of aryl methyl sites for hydroxylation is 2. The van der Waals surface area contributed by atoms with Crippen molar-refractivity contribution in [1.29, 1.82) is 0 Å². The molecule has 0 amide bonds. The van der Waals surface area contributed by atoms with Crippen LogP contribution in [0.1, 0.15) is 17.2 Å². The summed E-state index contributed by atoms with van der Waals surface area (Å²) in [5.74, 6) is 1.07. The molecule has 0 aliphatic heterocycles. The van der Waals surface area contributed by atoms with Crippen LogP contribution in [0.15, 0.2) is 18.2 Å². The molecule has 0 radical (unpaired) electrons. The van der Waals surface area contributed by atoms with Crippen molar-refractivity contribution in [3.63, 3.8) is 0 Å². The van der Waals surface area contributed by atoms with Gasteiger partial charge in [-0.05, 0) is 31.5 Å². The summed E-state index contributed by atoms with van der Waals surface area (Å²) in [4.78, 5) is 4.18. The van der Waals surface area contributed by atoms with Crippen LogP contribution in [0.2, 0.25) is 0 Å². The fraction of sp³-hybridized carbons (Fsp3) is 0.273.